The van der Waals surface area contributed by atoms with Gasteiger partial charge in [0.2, 0.25) is 5.76 Å². The van der Waals surface area contributed by atoms with E-state index in [1.54, 1.807) is 0 Å². The Balaban J connectivity index is 2.23. The van der Waals surface area contributed by atoms with E-state index in [0.29, 0.717) is 10.9 Å². The largest absolute Gasteiger partial charge is 0.449 e. The van der Waals surface area contributed by atoms with Gasteiger partial charge in [-0.15, -0.1) is 0 Å². The first-order valence-corrected chi connectivity index (χ1v) is 6.57. The van der Waals surface area contributed by atoms with Crippen molar-refractivity contribution < 1.29 is 22.4 Å². The topological polar surface area (TPSA) is 82.2 Å². The molecule has 4 nitrogen and oxygen atoms in total. The van der Waals surface area contributed by atoms with Crippen molar-refractivity contribution in [3.8, 4) is 11.1 Å². The SMILES string of the molecule is NC(=O)c1oc2ccc(-c3ccccc3C(F)(F)F)cc2c1N. The van der Waals surface area contributed by atoms with E-state index in [4.69, 9.17) is 15.9 Å². The Bertz CT molecular complexity index is 913. The first-order valence-electron chi connectivity index (χ1n) is 6.57. The maximum atomic E-state index is 13.1. The molecule has 0 aliphatic rings. The quantitative estimate of drug-likeness (QED) is 0.753. The van der Waals surface area contributed by atoms with Crippen LogP contribution in [0.4, 0.5) is 18.9 Å². The molecule has 1 heterocycles. The molecule has 0 aliphatic heterocycles. The Morgan fingerprint density at radius 1 is 1.09 bits per heavy atom. The summed E-state index contributed by atoms with van der Waals surface area (Å²) < 4.78 is 44.6. The Labute approximate surface area is 128 Å². The highest BCUT2D eigenvalue weighted by molar-refractivity contribution is 6.05. The summed E-state index contributed by atoms with van der Waals surface area (Å²) in [5.74, 6) is -1.04. The zero-order chi connectivity index (χ0) is 16.8. The monoisotopic (exact) mass is 320 g/mol. The highest BCUT2D eigenvalue weighted by Gasteiger charge is 2.33. The van der Waals surface area contributed by atoms with Crippen LogP contribution < -0.4 is 11.5 Å². The number of nitrogens with two attached hydrogens (primary N) is 2. The molecule has 7 heteroatoms. The number of hydrogen-bond acceptors (Lipinski definition) is 3. The Kier molecular flexibility index (Phi) is 3.28. The lowest BCUT2D eigenvalue weighted by atomic mass is 9.98. The molecule has 0 bridgehead atoms. The zero-order valence-corrected chi connectivity index (χ0v) is 11.6. The smallest absolute Gasteiger partial charge is 0.417 e. The molecule has 1 aromatic heterocycles. The highest BCUT2D eigenvalue weighted by Crippen LogP contribution is 2.39. The standard InChI is InChI=1S/C16H11F3N2O2/c17-16(18,19)11-4-2-1-3-9(11)8-5-6-12-10(7-8)13(20)14(23-12)15(21)22/h1-7H,20H2,(H2,21,22). The van der Waals surface area contributed by atoms with Crippen LogP contribution in [0.15, 0.2) is 46.9 Å². The van der Waals surface area contributed by atoms with E-state index in [2.05, 4.69) is 0 Å². The maximum Gasteiger partial charge on any atom is 0.417 e. The van der Waals surface area contributed by atoms with Gasteiger partial charge >= 0.3 is 6.18 Å². The number of carbonyl (C=O) groups excluding carboxylic acids is 1. The van der Waals surface area contributed by atoms with Crippen molar-refractivity contribution in [3.63, 3.8) is 0 Å². The summed E-state index contributed by atoms with van der Waals surface area (Å²) >= 11 is 0. The van der Waals surface area contributed by atoms with Gasteiger partial charge in [0.25, 0.3) is 5.91 Å². The number of amides is 1. The van der Waals surface area contributed by atoms with Gasteiger partial charge in [0.15, 0.2) is 0 Å². The molecule has 0 atom stereocenters. The minimum absolute atomic E-state index is 0.0128. The van der Waals surface area contributed by atoms with E-state index >= 15 is 0 Å². The van der Waals surface area contributed by atoms with Crippen LogP contribution >= 0.6 is 0 Å². The van der Waals surface area contributed by atoms with Crippen molar-refractivity contribution in [1.29, 1.82) is 0 Å². The van der Waals surface area contributed by atoms with Gasteiger partial charge in [-0.05, 0) is 29.3 Å². The number of alkyl halides is 3. The van der Waals surface area contributed by atoms with Gasteiger partial charge in [-0.25, -0.2) is 0 Å². The Morgan fingerprint density at radius 3 is 2.43 bits per heavy atom. The number of halogens is 3. The Morgan fingerprint density at radius 2 is 1.78 bits per heavy atom. The number of benzene rings is 2. The molecule has 0 spiro atoms. The van der Waals surface area contributed by atoms with Crippen molar-refractivity contribution in [2.45, 2.75) is 6.18 Å². The molecule has 3 rings (SSSR count). The van der Waals surface area contributed by atoms with E-state index in [1.807, 2.05) is 0 Å². The minimum Gasteiger partial charge on any atom is -0.449 e. The summed E-state index contributed by atoms with van der Waals surface area (Å²) in [4.78, 5) is 11.2. The number of furan rings is 1. The molecule has 2 aromatic carbocycles. The fraction of sp³-hybridized carbons (Fsp3) is 0.0625. The molecule has 0 radical (unpaired) electrons. The molecule has 3 aromatic rings. The van der Waals surface area contributed by atoms with Crippen LogP contribution in [-0.4, -0.2) is 5.91 Å². The first-order chi connectivity index (χ1) is 10.8. The maximum absolute atomic E-state index is 13.1. The van der Waals surface area contributed by atoms with Gasteiger partial charge in [0, 0.05) is 5.39 Å². The van der Waals surface area contributed by atoms with Crippen LogP contribution in [0.2, 0.25) is 0 Å². The summed E-state index contributed by atoms with van der Waals surface area (Å²) in [6.45, 7) is 0. The van der Waals surface area contributed by atoms with Crippen LogP contribution in [0, 0.1) is 0 Å². The second-order valence-electron chi connectivity index (χ2n) is 4.96. The zero-order valence-electron chi connectivity index (χ0n) is 11.6. The number of anilines is 1. The molecular weight excluding hydrogens is 309 g/mol. The third kappa shape index (κ3) is 2.50. The molecule has 118 valence electrons. The van der Waals surface area contributed by atoms with E-state index < -0.39 is 17.6 Å². The second-order valence-corrected chi connectivity index (χ2v) is 4.96. The minimum atomic E-state index is -4.48. The van der Waals surface area contributed by atoms with Gasteiger partial charge in [-0.3, -0.25) is 4.79 Å². The normalized spacial score (nSPS) is 11.8. The van der Waals surface area contributed by atoms with Crippen LogP contribution in [0.1, 0.15) is 16.1 Å². The number of primary amides is 1. The van der Waals surface area contributed by atoms with E-state index in [9.17, 15) is 18.0 Å². The van der Waals surface area contributed by atoms with Gasteiger partial charge in [0.05, 0.1) is 11.3 Å². The summed E-state index contributed by atoms with van der Waals surface area (Å²) in [5, 5.41) is 0.341. The first kappa shape index (κ1) is 15.0. The summed E-state index contributed by atoms with van der Waals surface area (Å²) in [6.07, 6.45) is -4.48. The van der Waals surface area contributed by atoms with Gasteiger partial charge < -0.3 is 15.9 Å². The number of hydrogen-bond donors (Lipinski definition) is 2. The molecule has 1 amide bonds. The van der Waals surface area contributed by atoms with Crippen molar-refractivity contribution in [1.82, 2.24) is 0 Å². The molecule has 0 unspecified atom stereocenters. The van der Waals surface area contributed by atoms with Crippen molar-refractivity contribution in [2.75, 3.05) is 5.73 Å². The molecule has 23 heavy (non-hydrogen) atoms. The molecule has 0 saturated carbocycles. The molecular formula is C16H11F3N2O2. The van der Waals surface area contributed by atoms with Gasteiger partial charge in [0.1, 0.15) is 5.58 Å². The lowest BCUT2D eigenvalue weighted by molar-refractivity contribution is -0.137. The highest BCUT2D eigenvalue weighted by atomic mass is 19.4. The summed E-state index contributed by atoms with van der Waals surface area (Å²) in [6, 6.07) is 9.60. The van der Waals surface area contributed by atoms with Crippen LogP contribution in [0.5, 0.6) is 0 Å². The van der Waals surface area contributed by atoms with E-state index in [0.717, 1.165) is 6.07 Å². The summed E-state index contributed by atoms with van der Waals surface area (Å²) in [5.41, 5.74) is 10.8. The van der Waals surface area contributed by atoms with Crippen LogP contribution in [0.25, 0.3) is 22.1 Å². The third-order valence-electron chi connectivity index (χ3n) is 3.49. The molecule has 0 fully saturated rings. The van der Waals surface area contributed by atoms with Crippen molar-refractivity contribution >= 4 is 22.6 Å². The number of rotatable bonds is 2. The summed E-state index contributed by atoms with van der Waals surface area (Å²) in [7, 11) is 0. The molecule has 0 aliphatic carbocycles. The molecule has 4 N–H and O–H groups in total. The predicted octanol–water partition coefficient (Wildman–Crippen LogP) is 3.80. The fourth-order valence-electron chi connectivity index (χ4n) is 2.45. The predicted molar refractivity (Wildman–Crippen MR) is 79.6 cm³/mol. The van der Waals surface area contributed by atoms with Crippen LogP contribution in [0.3, 0.4) is 0 Å². The third-order valence-corrected chi connectivity index (χ3v) is 3.49. The number of carbonyl (C=O) groups is 1. The van der Waals surface area contributed by atoms with Crippen molar-refractivity contribution in [2.24, 2.45) is 5.73 Å². The number of fused-ring (bicyclic) bond motifs is 1. The van der Waals surface area contributed by atoms with Crippen LogP contribution in [-0.2, 0) is 6.18 Å². The van der Waals surface area contributed by atoms with E-state index in [1.165, 1.54) is 36.4 Å². The van der Waals surface area contributed by atoms with Gasteiger partial charge in [-0.2, -0.15) is 13.2 Å². The molecule has 0 saturated heterocycles. The average molecular weight is 320 g/mol. The second kappa shape index (κ2) is 5.05. The lowest BCUT2D eigenvalue weighted by Crippen LogP contribution is -2.11. The van der Waals surface area contributed by atoms with Gasteiger partial charge in [-0.1, -0.05) is 24.3 Å². The lowest BCUT2D eigenvalue weighted by Gasteiger charge is -2.12. The Hall–Kier alpha value is -2.96. The number of nitrogen functional groups attached to an aromatic ring is 1. The fourth-order valence-corrected chi connectivity index (χ4v) is 2.45. The van der Waals surface area contributed by atoms with E-state index in [-0.39, 0.29) is 22.6 Å². The average Bonchev–Trinajstić information content (AvgIpc) is 2.83. The van der Waals surface area contributed by atoms with Crippen molar-refractivity contribution in [3.05, 3.63) is 53.8 Å².